The number of ether oxygens (including phenoxy) is 4. The lowest BCUT2D eigenvalue weighted by Gasteiger charge is -2.34. The van der Waals surface area contributed by atoms with Gasteiger partial charge in [-0.05, 0) is 74.0 Å². The van der Waals surface area contributed by atoms with E-state index in [-0.39, 0.29) is 63.6 Å². The van der Waals surface area contributed by atoms with Gasteiger partial charge in [-0.15, -0.1) is 0 Å². The topological polar surface area (TPSA) is 228 Å². The van der Waals surface area contributed by atoms with Gasteiger partial charge in [0, 0.05) is 54.3 Å². The fourth-order valence-electron chi connectivity index (χ4n) is 6.54. The maximum atomic E-state index is 13.1. The van der Waals surface area contributed by atoms with Crippen LogP contribution in [0.2, 0.25) is 0 Å². The largest absolute Gasteiger partial charge is 0.465 e. The number of aliphatic hydroxyl groups excluding tert-OH is 3. The second-order valence-electron chi connectivity index (χ2n) is 14.4. The molecule has 2 amide bonds. The Bertz CT molecular complexity index is 1690. The van der Waals surface area contributed by atoms with Gasteiger partial charge in [-0.3, -0.25) is 24.0 Å². The van der Waals surface area contributed by atoms with Crippen LogP contribution in [0.1, 0.15) is 101 Å². The lowest BCUT2D eigenvalue weighted by Crippen LogP contribution is -2.54. The molecule has 1 aliphatic carbocycles. The second kappa shape index (κ2) is 24.4. The van der Waals surface area contributed by atoms with Gasteiger partial charge in [0.15, 0.2) is 0 Å². The molecule has 4 unspecified atom stereocenters. The van der Waals surface area contributed by atoms with E-state index >= 15 is 0 Å². The van der Waals surface area contributed by atoms with Gasteiger partial charge in [0.1, 0.15) is 54.7 Å². The third kappa shape index (κ3) is 14.5. The molecule has 3 N–H and O–H groups in total. The van der Waals surface area contributed by atoms with E-state index in [1.807, 2.05) is 0 Å². The molecule has 0 bridgehead atoms. The normalized spacial score (nSPS) is 22.4. The van der Waals surface area contributed by atoms with Crippen LogP contribution < -0.4 is 0 Å². The molecule has 1 saturated heterocycles. The molecule has 0 radical (unpaired) electrons. The van der Waals surface area contributed by atoms with Crippen LogP contribution in [0, 0.1) is 0 Å². The maximum Gasteiger partial charge on any atom is 0.326 e. The summed E-state index contributed by atoms with van der Waals surface area (Å²) >= 11 is 0. The van der Waals surface area contributed by atoms with Crippen LogP contribution in [-0.2, 0) is 38.1 Å². The van der Waals surface area contributed by atoms with Gasteiger partial charge in [0.25, 0.3) is 5.91 Å². The van der Waals surface area contributed by atoms with Crippen LogP contribution >= 0.6 is 21.6 Å². The number of aliphatic hydroxyl groups is 3. The number of rotatable bonds is 23. The summed E-state index contributed by atoms with van der Waals surface area (Å²) in [4.78, 5) is 66.7. The average Bonchev–Trinajstić information content (AvgIpc) is 3.70. The van der Waals surface area contributed by atoms with Gasteiger partial charge in [-0.25, -0.2) is 4.63 Å². The zero-order valence-corrected chi connectivity index (χ0v) is 35.0. The van der Waals surface area contributed by atoms with E-state index in [1.165, 1.54) is 15.7 Å². The Kier molecular flexibility index (Phi) is 19.7. The number of aromatic nitrogens is 2. The summed E-state index contributed by atoms with van der Waals surface area (Å²) < 4.78 is 26.4. The Labute approximate surface area is 345 Å². The van der Waals surface area contributed by atoms with Crippen LogP contribution in [0.5, 0.6) is 0 Å². The van der Waals surface area contributed by atoms with E-state index in [0.717, 1.165) is 36.3 Å². The first-order valence-electron chi connectivity index (χ1n) is 19.8. The first kappa shape index (κ1) is 46.9. The fourth-order valence-corrected chi connectivity index (χ4v) is 9.13. The third-order valence-corrected chi connectivity index (χ3v) is 12.9. The average molecular weight is 853 g/mol. The monoisotopic (exact) mass is 852 g/mol. The number of unbranched alkanes of at least 4 members (excludes halogenated alkanes) is 3. The lowest BCUT2D eigenvalue weighted by atomic mass is 9.91. The molecule has 4 atom stereocenters. The highest BCUT2D eigenvalue weighted by molar-refractivity contribution is 8.78. The summed E-state index contributed by atoms with van der Waals surface area (Å²) in [5.41, 5.74) is 2.06. The van der Waals surface area contributed by atoms with Crippen molar-refractivity contribution in [1.82, 2.24) is 20.1 Å². The molecule has 2 aliphatic rings. The molecule has 17 nitrogen and oxygen atoms in total. The van der Waals surface area contributed by atoms with Gasteiger partial charge in [0.05, 0.1) is 13.2 Å². The number of hydrogen-bond donors (Lipinski definition) is 3. The first-order valence-corrected chi connectivity index (χ1v) is 22.1. The molecule has 4 rings (SSSR count). The zero-order chi connectivity index (χ0) is 42.0. The van der Waals surface area contributed by atoms with Crippen molar-refractivity contribution in [3.05, 3.63) is 34.4 Å². The van der Waals surface area contributed by atoms with Gasteiger partial charge in [-0.2, -0.15) is 0 Å². The molecule has 2 heterocycles. The summed E-state index contributed by atoms with van der Waals surface area (Å²) in [5.74, 6) is -0.910. The SMILES string of the molecule is CCCCCCSS/C(CCOC(=O)CCCC(=O)O[C@H]1CC[C@H](N(C)C(=O)c2ccc3nonc3c2)CC1)=C(/C)N(C=O)CC(=O)OCC1OCC(O)C(O)C1O. The van der Waals surface area contributed by atoms with E-state index in [4.69, 9.17) is 23.6 Å². The van der Waals surface area contributed by atoms with Gasteiger partial charge < -0.3 is 44.1 Å². The highest BCUT2D eigenvalue weighted by atomic mass is 33.1. The van der Waals surface area contributed by atoms with Gasteiger partial charge >= 0.3 is 17.9 Å². The smallest absolute Gasteiger partial charge is 0.326 e. The molecule has 19 heteroatoms. The lowest BCUT2D eigenvalue weighted by molar-refractivity contribution is -0.201. The fraction of sp³-hybridized carbons (Fsp3) is 0.667. The van der Waals surface area contributed by atoms with Crippen LogP contribution in [-0.4, -0.2) is 141 Å². The van der Waals surface area contributed by atoms with Crippen molar-refractivity contribution < 1.29 is 62.9 Å². The number of allylic oxidation sites excluding steroid dienone is 1. The van der Waals surface area contributed by atoms with Crippen LogP contribution in [0.3, 0.4) is 0 Å². The number of hydrogen-bond acceptors (Lipinski definition) is 17. The van der Waals surface area contributed by atoms with E-state index in [1.54, 1.807) is 47.9 Å². The van der Waals surface area contributed by atoms with Crippen molar-refractivity contribution >= 4 is 62.8 Å². The molecule has 322 valence electrons. The Morgan fingerprint density at radius 2 is 1.66 bits per heavy atom. The molecule has 2 fully saturated rings. The van der Waals surface area contributed by atoms with Crippen molar-refractivity contribution in [1.29, 1.82) is 0 Å². The van der Waals surface area contributed by atoms with Crippen molar-refractivity contribution in [3.63, 3.8) is 0 Å². The molecular weight excluding hydrogens is 797 g/mol. The maximum absolute atomic E-state index is 13.1. The minimum Gasteiger partial charge on any atom is -0.465 e. The Hall–Kier alpha value is -3.75. The predicted molar refractivity (Wildman–Crippen MR) is 214 cm³/mol. The van der Waals surface area contributed by atoms with E-state index in [0.29, 0.717) is 54.4 Å². The van der Waals surface area contributed by atoms with Gasteiger partial charge in [-0.1, -0.05) is 47.8 Å². The van der Waals surface area contributed by atoms with Crippen molar-refractivity contribution in [2.24, 2.45) is 0 Å². The number of benzene rings is 1. The number of carbonyl (C=O) groups is 5. The number of carbonyl (C=O) groups excluding carboxylic acids is 5. The summed E-state index contributed by atoms with van der Waals surface area (Å²) in [6.07, 6.45) is 2.62. The summed E-state index contributed by atoms with van der Waals surface area (Å²) in [6, 6.07) is 5.04. The van der Waals surface area contributed by atoms with Crippen molar-refractivity contribution in [2.75, 3.05) is 39.2 Å². The molecule has 58 heavy (non-hydrogen) atoms. The quantitative estimate of drug-likeness (QED) is 0.0473. The molecule has 2 aromatic rings. The molecule has 1 aromatic carbocycles. The highest BCUT2D eigenvalue weighted by Gasteiger charge is 2.38. The molecule has 1 aromatic heterocycles. The Morgan fingerprint density at radius 3 is 2.40 bits per heavy atom. The zero-order valence-electron chi connectivity index (χ0n) is 33.3. The van der Waals surface area contributed by atoms with Crippen molar-refractivity contribution in [2.45, 2.75) is 127 Å². The predicted octanol–water partition coefficient (Wildman–Crippen LogP) is 3.93. The highest BCUT2D eigenvalue weighted by Crippen LogP contribution is 2.36. The first-order chi connectivity index (χ1) is 27.9. The van der Waals surface area contributed by atoms with Crippen LogP contribution in [0.25, 0.3) is 11.0 Å². The van der Waals surface area contributed by atoms with Crippen LogP contribution in [0.4, 0.5) is 0 Å². The number of fused-ring (bicyclic) bond motifs is 1. The molecule has 1 saturated carbocycles. The third-order valence-electron chi connectivity index (χ3n) is 10.2. The van der Waals surface area contributed by atoms with Crippen molar-refractivity contribution in [3.8, 4) is 0 Å². The standard InChI is InChI=1S/C39H56N4O13S2/c1-4-5-6-7-19-57-58-33(25(2)43(24-44)21-36(48)54-23-32-38(50)37(49)31(45)22-53-32)17-18-52-34(46)9-8-10-35(47)55-28-14-12-27(13-15-28)42(3)39(51)26-11-16-29-30(20-26)41-56-40-29/h11,16,20,24,27-28,31-32,37-38,45,49-50H,4-10,12-15,17-19,21-23H2,1-3H3/b33-25-/t27-,28-,31?,32?,37?,38?. The molecule has 1 aliphatic heterocycles. The Balaban J connectivity index is 1.17. The van der Waals surface area contributed by atoms with E-state index < -0.39 is 48.9 Å². The number of nitrogens with zero attached hydrogens (tertiary/aromatic N) is 4. The minimum atomic E-state index is -1.45. The van der Waals surface area contributed by atoms with E-state index in [9.17, 15) is 39.3 Å². The second-order valence-corrected chi connectivity index (χ2v) is 16.9. The minimum absolute atomic E-state index is 0.000479. The molecule has 0 spiro atoms. The van der Waals surface area contributed by atoms with Crippen LogP contribution in [0.15, 0.2) is 33.4 Å². The van der Waals surface area contributed by atoms with E-state index in [2.05, 4.69) is 17.2 Å². The summed E-state index contributed by atoms with van der Waals surface area (Å²) in [6.45, 7) is 2.81. The summed E-state index contributed by atoms with van der Waals surface area (Å²) in [7, 11) is 4.82. The number of amides is 2. The number of esters is 3. The molecular formula is C39H56N4O13S2. The summed E-state index contributed by atoms with van der Waals surface area (Å²) in [5, 5.41) is 37.2. The Morgan fingerprint density at radius 1 is 0.914 bits per heavy atom. The van der Waals surface area contributed by atoms with Gasteiger partial charge in [0.2, 0.25) is 6.41 Å².